The van der Waals surface area contributed by atoms with Crippen LogP contribution in [-0.4, -0.2) is 18.2 Å². The zero-order valence-corrected chi connectivity index (χ0v) is 7.66. The van der Waals surface area contributed by atoms with Gasteiger partial charge in [0.2, 0.25) is 0 Å². The summed E-state index contributed by atoms with van der Waals surface area (Å²) in [6.45, 7) is 1.11. The van der Waals surface area contributed by atoms with Crippen LogP contribution in [0.3, 0.4) is 0 Å². The summed E-state index contributed by atoms with van der Waals surface area (Å²) in [4.78, 5) is 0. The summed E-state index contributed by atoms with van der Waals surface area (Å²) in [5.41, 5.74) is 12.7. The molecule has 5 N–H and O–H groups in total. The molecule has 0 unspecified atom stereocenters. The van der Waals surface area contributed by atoms with E-state index in [2.05, 4.69) is 0 Å². The van der Waals surface area contributed by atoms with Crippen molar-refractivity contribution in [3.05, 3.63) is 29.3 Å². The summed E-state index contributed by atoms with van der Waals surface area (Å²) < 4.78 is 0. The number of phenolic OH excluding ortho intramolecular Hbond substituents is 1. The quantitative estimate of drug-likeness (QED) is 0.627. The molecule has 0 radical (unpaired) electrons. The number of para-hydroxylation sites is 1. The molecule has 0 aliphatic carbocycles. The third-order valence-corrected chi connectivity index (χ3v) is 2.03. The van der Waals surface area contributed by atoms with Crippen LogP contribution in [0.25, 0.3) is 0 Å². The Hall–Kier alpha value is -1.06. The van der Waals surface area contributed by atoms with Gasteiger partial charge in [-0.2, -0.15) is 0 Å². The van der Waals surface area contributed by atoms with E-state index >= 15 is 0 Å². The molecule has 0 saturated carbocycles. The van der Waals surface area contributed by atoms with Gasteiger partial charge in [-0.15, -0.1) is 0 Å². The number of rotatable bonds is 4. The first kappa shape index (κ1) is 10.0. The Bertz CT molecular complexity index is 249. The van der Waals surface area contributed by atoms with Gasteiger partial charge in [-0.25, -0.2) is 0 Å². The van der Waals surface area contributed by atoms with E-state index < -0.39 is 0 Å². The lowest BCUT2D eigenvalue weighted by atomic mass is 10.0. The fourth-order valence-electron chi connectivity index (χ4n) is 1.36. The Labute approximate surface area is 78.4 Å². The summed E-state index contributed by atoms with van der Waals surface area (Å²) in [6.07, 6.45) is 1.43. The summed E-state index contributed by atoms with van der Waals surface area (Å²) >= 11 is 0. The van der Waals surface area contributed by atoms with Crippen LogP contribution in [0.5, 0.6) is 5.75 Å². The molecule has 1 aromatic rings. The molecule has 0 spiro atoms. The molecule has 0 saturated heterocycles. The second-order valence-electron chi connectivity index (χ2n) is 3.00. The van der Waals surface area contributed by atoms with Crippen LogP contribution < -0.4 is 11.5 Å². The maximum absolute atomic E-state index is 9.74. The Kier molecular flexibility index (Phi) is 3.73. The number of hydrogen-bond acceptors (Lipinski definition) is 3. The highest BCUT2D eigenvalue weighted by molar-refractivity contribution is 5.40. The van der Waals surface area contributed by atoms with E-state index in [1.165, 1.54) is 0 Å². The van der Waals surface area contributed by atoms with Gasteiger partial charge in [-0.1, -0.05) is 18.2 Å². The number of benzene rings is 1. The lowest BCUT2D eigenvalue weighted by molar-refractivity contribution is 0.461. The Morgan fingerprint density at radius 1 is 1.00 bits per heavy atom. The molecule has 13 heavy (non-hydrogen) atoms. The van der Waals surface area contributed by atoms with E-state index in [9.17, 15) is 5.11 Å². The van der Waals surface area contributed by atoms with Crippen molar-refractivity contribution < 1.29 is 5.11 Å². The summed E-state index contributed by atoms with van der Waals surface area (Å²) in [7, 11) is 0. The zero-order chi connectivity index (χ0) is 9.68. The molecule has 0 amide bonds. The molecule has 0 aliphatic heterocycles. The highest BCUT2D eigenvalue weighted by atomic mass is 16.3. The van der Waals surface area contributed by atoms with Gasteiger partial charge < -0.3 is 16.6 Å². The Balaban J connectivity index is 2.89. The molecule has 0 bridgehead atoms. The van der Waals surface area contributed by atoms with Crippen LogP contribution in [0, 0.1) is 0 Å². The Morgan fingerprint density at radius 2 is 1.46 bits per heavy atom. The minimum Gasteiger partial charge on any atom is -0.507 e. The van der Waals surface area contributed by atoms with Gasteiger partial charge in [0.25, 0.3) is 0 Å². The maximum Gasteiger partial charge on any atom is 0.122 e. The van der Waals surface area contributed by atoms with Crippen molar-refractivity contribution in [2.75, 3.05) is 13.1 Å². The molecule has 0 fully saturated rings. The summed E-state index contributed by atoms with van der Waals surface area (Å²) in [6, 6.07) is 5.71. The second-order valence-corrected chi connectivity index (χ2v) is 3.00. The van der Waals surface area contributed by atoms with Gasteiger partial charge in [0, 0.05) is 0 Å². The van der Waals surface area contributed by atoms with Crippen molar-refractivity contribution in [3.8, 4) is 5.75 Å². The van der Waals surface area contributed by atoms with E-state index in [4.69, 9.17) is 11.5 Å². The minimum atomic E-state index is 0.360. The predicted octanol–water partition coefficient (Wildman–Crippen LogP) is 0.395. The van der Waals surface area contributed by atoms with Gasteiger partial charge in [-0.05, 0) is 37.1 Å². The maximum atomic E-state index is 9.74. The van der Waals surface area contributed by atoms with Crippen LogP contribution in [0.4, 0.5) is 0 Å². The van der Waals surface area contributed by atoms with Crippen LogP contribution in [0.15, 0.2) is 18.2 Å². The van der Waals surface area contributed by atoms with Crippen LogP contribution in [0.2, 0.25) is 0 Å². The zero-order valence-electron chi connectivity index (χ0n) is 7.66. The fourth-order valence-corrected chi connectivity index (χ4v) is 1.36. The monoisotopic (exact) mass is 180 g/mol. The standard InChI is InChI=1S/C10H16N2O/c11-6-4-8-2-1-3-9(5-7-12)10(8)13/h1-3,13H,4-7,11-12H2. The minimum absolute atomic E-state index is 0.360. The van der Waals surface area contributed by atoms with Crippen molar-refractivity contribution in [2.24, 2.45) is 11.5 Å². The van der Waals surface area contributed by atoms with Crippen molar-refractivity contribution in [1.82, 2.24) is 0 Å². The van der Waals surface area contributed by atoms with E-state index in [0.29, 0.717) is 31.7 Å². The molecule has 3 heteroatoms. The molecule has 0 heterocycles. The molecule has 0 atom stereocenters. The highest BCUT2D eigenvalue weighted by Gasteiger charge is 2.04. The molecule has 1 rings (SSSR count). The van der Waals surface area contributed by atoms with E-state index in [-0.39, 0.29) is 0 Å². The average molecular weight is 180 g/mol. The second kappa shape index (κ2) is 4.84. The number of aromatic hydroxyl groups is 1. The number of hydrogen-bond donors (Lipinski definition) is 3. The van der Waals surface area contributed by atoms with E-state index in [1.54, 1.807) is 0 Å². The third-order valence-electron chi connectivity index (χ3n) is 2.03. The smallest absolute Gasteiger partial charge is 0.122 e. The fraction of sp³-hybridized carbons (Fsp3) is 0.400. The highest BCUT2D eigenvalue weighted by Crippen LogP contribution is 2.22. The normalized spacial score (nSPS) is 10.3. The third kappa shape index (κ3) is 2.44. The van der Waals surface area contributed by atoms with Crippen molar-refractivity contribution in [3.63, 3.8) is 0 Å². The lowest BCUT2D eigenvalue weighted by Gasteiger charge is -2.07. The SMILES string of the molecule is NCCc1cccc(CCN)c1O. The molecule has 72 valence electrons. The van der Waals surface area contributed by atoms with Crippen molar-refractivity contribution in [1.29, 1.82) is 0 Å². The number of phenols is 1. The van der Waals surface area contributed by atoms with E-state index in [1.807, 2.05) is 18.2 Å². The van der Waals surface area contributed by atoms with Gasteiger partial charge >= 0.3 is 0 Å². The first-order valence-electron chi connectivity index (χ1n) is 4.49. The predicted molar refractivity (Wildman–Crippen MR) is 53.6 cm³/mol. The van der Waals surface area contributed by atoms with E-state index in [0.717, 1.165) is 11.1 Å². The Morgan fingerprint density at radius 3 is 1.85 bits per heavy atom. The van der Waals surface area contributed by atoms with Crippen LogP contribution >= 0.6 is 0 Å². The van der Waals surface area contributed by atoms with Gasteiger partial charge in [0.1, 0.15) is 5.75 Å². The van der Waals surface area contributed by atoms with Crippen LogP contribution in [-0.2, 0) is 12.8 Å². The molecular weight excluding hydrogens is 164 g/mol. The molecule has 1 aromatic carbocycles. The topological polar surface area (TPSA) is 72.3 Å². The first-order valence-corrected chi connectivity index (χ1v) is 4.49. The summed E-state index contributed by atoms with van der Waals surface area (Å²) in [5.74, 6) is 0.360. The lowest BCUT2D eigenvalue weighted by Crippen LogP contribution is -2.06. The first-order chi connectivity index (χ1) is 6.29. The van der Waals surface area contributed by atoms with Gasteiger partial charge in [0.05, 0.1) is 0 Å². The molecule has 3 nitrogen and oxygen atoms in total. The van der Waals surface area contributed by atoms with Gasteiger partial charge in [0.15, 0.2) is 0 Å². The van der Waals surface area contributed by atoms with Crippen LogP contribution in [0.1, 0.15) is 11.1 Å². The van der Waals surface area contributed by atoms with Crippen molar-refractivity contribution >= 4 is 0 Å². The number of nitrogens with two attached hydrogens (primary N) is 2. The largest absolute Gasteiger partial charge is 0.507 e. The van der Waals surface area contributed by atoms with Gasteiger partial charge in [-0.3, -0.25) is 0 Å². The molecule has 0 aromatic heterocycles. The average Bonchev–Trinajstić information content (AvgIpc) is 2.13. The molecular formula is C10H16N2O. The van der Waals surface area contributed by atoms with Crippen molar-refractivity contribution in [2.45, 2.75) is 12.8 Å². The molecule has 0 aliphatic rings. The summed E-state index contributed by atoms with van der Waals surface area (Å²) in [5, 5.41) is 9.74.